The molecule has 2 aromatic rings. The monoisotopic (exact) mass is 368 g/mol. The zero-order valence-corrected chi connectivity index (χ0v) is 15.9. The fraction of sp³-hybridized carbons (Fsp3) is 0.333. The van der Waals surface area contributed by atoms with Crippen LogP contribution in [0, 0.1) is 6.92 Å². The van der Waals surface area contributed by atoms with E-state index in [1.807, 2.05) is 31.2 Å². The van der Waals surface area contributed by atoms with Gasteiger partial charge in [0.15, 0.2) is 0 Å². The van der Waals surface area contributed by atoms with Crippen LogP contribution in [0.2, 0.25) is 0 Å². The maximum atomic E-state index is 12.9. The van der Waals surface area contributed by atoms with Crippen LogP contribution >= 0.6 is 0 Å². The highest BCUT2D eigenvalue weighted by Crippen LogP contribution is 2.26. The van der Waals surface area contributed by atoms with Crippen LogP contribution in [0.3, 0.4) is 0 Å². The topological polar surface area (TPSA) is 59.1 Å². The fourth-order valence-corrected chi connectivity index (χ4v) is 3.24. The van der Waals surface area contributed by atoms with Gasteiger partial charge in [-0.2, -0.15) is 0 Å². The minimum atomic E-state index is -0.0995. The molecule has 6 nitrogen and oxygen atoms in total. The Labute approximate surface area is 159 Å². The van der Waals surface area contributed by atoms with E-state index < -0.39 is 0 Å². The Kier molecular flexibility index (Phi) is 5.64. The molecule has 1 aliphatic rings. The van der Waals surface area contributed by atoms with E-state index >= 15 is 0 Å². The summed E-state index contributed by atoms with van der Waals surface area (Å²) < 4.78 is 10.5. The van der Waals surface area contributed by atoms with E-state index in [9.17, 15) is 9.59 Å². The minimum Gasteiger partial charge on any atom is -0.497 e. The number of aryl methyl sites for hydroxylation is 1. The second-order valence-electron chi connectivity index (χ2n) is 6.47. The molecule has 0 saturated carbocycles. The van der Waals surface area contributed by atoms with Gasteiger partial charge in [-0.15, -0.1) is 0 Å². The van der Waals surface area contributed by atoms with Gasteiger partial charge in [0, 0.05) is 37.8 Å². The number of methoxy groups -OCH3 is 2. The molecule has 27 heavy (non-hydrogen) atoms. The average Bonchev–Trinajstić information content (AvgIpc) is 2.72. The number of carbonyl (C=O) groups excluding carboxylic acids is 2. The van der Waals surface area contributed by atoms with Crippen molar-refractivity contribution in [3.8, 4) is 11.5 Å². The van der Waals surface area contributed by atoms with Crippen molar-refractivity contribution in [1.29, 1.82) is 0 Å². The minimum absolute atomic E-state index is 0.0160. The Hall–Kier alpha value is -3.02. The van der Waals surface area contributed by atoms with E-state index in [0.29, 0.717) is 48.8 Å². The molecule has 0 N–H and O–H groups in total. The first-order valence-corrected chi connectivity index (χ1v) is 8.91. The van der Waals surface area contributed by atoms with E-state index in [1.54, 1.807) is 35.1 Å². The quantitative estimate of drug-likeness (QED) is 0.832. The van der Waals surface area contributed by atoms with E-state index in [4.69, 9.17) is 9.47 Å². The largest absolute Gasteiger partial charge is 0.497 e. The summed E-state index contributed by atoms with van der Waals surface area (Å²) in [5, 5.41) is 0. The van der Waals surface area contributed by atoms with Gasteiger partial charge in [-0.25, -0.2) is 0 Å². The summed E-state index contributed by atoms with van der Waals surface area (Å²) in [5.41, 5.74) is 2.18. The van der Waals surface area contributed by atoms with E-state index in [2.05, 4.69) is 0 Å². The Bertz CT molecular complexity index is 842. The smallest absolute Gasteiger partial charge is 0.257 e. The van der Waals surface area contributed by atoms with Crippen molar-refractivity contribution in [3.05, 3.63) is 59.2 Å². The second kappa shape index (κ2) is 8.12. The van der Waals surface area contributed by atoms with Crippen LogP contribution in [0.5, 0.6) is 11.5 Å². The van der Waals surface area contributed by atoms with Crippen LogP contribution in [0.15, 0.2) is 42.5 Å². The lowest BCUT2D eigenvalue weighted by Gasteiger charge is -2.35. The Balaban J connectivity index is 1.68. The fourth-order valence-electron chi connectivity index (χ4n) is 3.24. The molecule has 142 valence electrons. The summed E-state index contributed by atoms with van der Waals surface area (Å²) in [6, 6.07) is 12.7. The summed E-state index contributed by atoms with van der Waals surface area (Å²) in [7, 11) is 3.10. The molecule has 0 radical (unpaired) electrons. The lowest BCUT2D eigenvalue weighted by atomic mass is 10.1. The first-order chi connectivity index (χ1) is 13.0. The van der Waals surface area contributed by atoms with E-state index in [-0.39, 0.29) is 11.8 Å². The lowest BCUT2D eigenvalue weighted by Crippen LogP contribution is -2.50. The number of hydrogen-bond acceptors (Lipinski definition) is 4. The van der Waals surface area contributed by atoms with Crippen LogP contribution in [0.25, 0.3) is 0 Å². The van der Waals surface area contributed by atoms with Gasteiger partial charge in [0.2, 0.25) is 0 Å². The van der Waals surface area contributed by atoms with E-state index in [1.165, 1.54) is 7.11 Å². The van der Waals surface area contributed by atoms with Gasteiger partial charge in [0.25, 0.3) is 11.8 Å². The van der Waals surface area contributed by atoms with Crippen molar-refractivity contribution in [3.63, 3.8) is 0 Å². The molecule has 0 atom stereocenters. The zero-order valence-electron chi connectivity index (χ0n) is 15.9. The van der Waals surface area contributed by atoms with Crippen LogP contribution in [0.4, 0.5) is 0 Å². The van der Waals surface area contributed by atoms with Gasteiger partial charge in [0.1, 0.15) is 11.5 Å². The number of benzene rings is 2. The van der Waals surface area contributed by atoms with Crippen molar-refractivity contribution in [2.45, 2.75) is 6.92 Å². The summed E-state index contributed by atoms with van der Waals surface area (Å²) in [5.74, 6) is 1.04. The third-order valence-corrected chi connectivity index (χ3v) is 4.87. The molecule has 1 fully saturated rings. The maximum absolute atomic E-state index is 12.9. The number of ether oxygens (including phenoxy) is 2. The summed E-state index contributed by atoms with van der Waals surface area (Å²) in [4.78, 5) is 29.2. The van der Waals surface area contributed by atoms with Crippen LogP contribution in [-0.4, -0.2) is 62.0 Å². The number of carbonyl (C=O) groups is 2. The molecule has 0 aliphatic carbocycles. The molecule has 1 saturated heterocycles. The van der Waals surface area contributed by atoms with Crippen molar-refractivity contribution < 1.29 is 19.1 Å². The number of piperazine rings is 1. The standard InChI is InChI=1S/C21H24N2O4/c1-15-6-4-5-7-17(15)20(24)22-10-12-23(13-11-22)21(25)18-9-8-16(26-2)14-19(18)27-3/h4-9,14H,10-13H2,1-3H3. The molecule has 0 bridgehead atoms. The van der Waals surface area contributed by atoms with Crippen molar-refractivity contribution in [2.24, 2.45) is 0 Å². The summed E-state index contributed by atoms with van der Waals surface area (Å²) in [6.07, 6.45) is 0. The Morgan fingerprint density at radius 1 is 0.815 bits per heavy atom. The number of rotatable bonds is 4. The van der Waals surface area contributed by atoms with E-state index in [0.717, 1.165) is 5.56 Å². The number of nitrogens with zero attached hydrogens (tertiary/aromatic N) is 2. The second-order valence-corrected chi connectivity index (χ2v) is 6.47. The van der Waals surface area contributed by atoms with Crippen molar-refractivity contribution in [2.75, 3.05) is 40.4 Å². The first-order valence-electron chi connectivity index (χ1n) is 8.91. The molecule has 2 amide bonds. The molecule has 3 rings (SSSR count). The molecule has 0 unspecified atom stereocenters. The van der Waals surface area contributed by atoms with Gasteiger partial charge in [-0.3, -0.25) is 9.59 Å². The highest BCUT2D eigenvalue weighted by Gasteiger charge is 2.27. The Morgan fingerprint density at radius 3 is 1.96 bits per heavy atom. The highest BCUT2D eigenvalue weighted by atomic mass is 16.5. The van der Waals surface area contributed by atoms with Crippen LogP contribution in [-0.2, 0) is 0 Å². The molecule has 2 aromatic carbocycles. The summed E-state index contributed by atoms with van der Waals surface area (Å²) in [6.45, 7) is 3.94. The third-order valence-electron chi connectivity index (χ3n) is 4.87. The Morgan fingerprint density at radius 2 is 1.41 bits per heavy atom. The molecular formula is C21H24N2O4. The molecule has 0 spiro atoms. The third kappa shape index (κ3) is 3.89. The average molecular weight is 368 g/mol. The highest BCUT2D eigenvalue weighted by molar-refractivity contribution is 5.98. The van der Waals surface area contributed by atoms with Gasteiger partial charge in [-0.05, 0) is 30.7 Å². The SMILES string of the molecule is COc1ccc(C(=O)N2CCN(C(=O)c3ccccc3C)CC2)c(OC)c1. The molecule has 6 heteroatoms. The van der Waals surface area contributed by atoms with Crippen molar-refractivity contribution in [1.82, 2.24) is 9.80 Å². The van der Waals surface area contributed by atoms with Gasteiger partial charge >= 0.3 is 0 Å². The molecular weight excluding hydrogens is 344 g/mol. The van der Waals surface area contributed by atoms with Crippen molar-refractivity contribution >= 4 is 11.8 Å². The molecule has 1 aliphatic heterocycles. The normalized spacial score (nSPS) is 14.0. The molecule has 1 heterocycles. The number of amides is 2. The first kappa shape index (κ1) is 18.8. The van der Waals surface area contributed by atoms with Gasteiger partial charge in [-0.1, -0.05) is 18.2 Å². The zero-order chi connectivity index (χ0) is 19.4. The predicted molar refractivity (Wildman–Crippen MR) is 103 cm³/mol. The van der Waals surface area contributed by atoms with Crippen LogP contribution < -0.4 is 9.47 Å². The number of hydrogen-bond donors (Lipinski definition) is 0. The molecule has 0 aromatic heterocycles. The maximum Gasteiger partial charge on any atom is 0.257 e. The predicted octanol–water partition coefficient (Wildman–Crippen LogP) is 2.61. The van der Waals surface area contributed by atoms with Gasteiger partial charge in [0.05, 0.1) is 19.8 Å². The van der Waals surface area contributed by atoms with Gasteiger partial charge < -0.3 is 19.3 Å². The van der Waals surface area contributed by atoms with Crippen LogP contribution in [0.1, 0.15) is 26.3 Å². The summed E-state index contributed by atoms with van der Waals surface area (Å²) >= 11 is 0. The lowest BCUT2D eigenvalue weighted by molar-refractivity contribution is 0.0533.